The molecule has 0 fully saturated rings. The number of thiazole rings is 1. The van der Waals surface area contributed by atoms with E-state index in [1.165, 1.54) is 0 Å². The quantitative estimate of drug-likeness (QED) is 0.523. The molecule has 4 aromatic rings. The molecule has 23 heavy (non-hydrogen) atoms. The molecule has 0 amide bonds. The average Bonchev–Trinajstić information content (AvgIpc) is 3.12. The molecule has 1 N–H and O–H groups in total. The van der Waals surface area contributed by atoms with Gasteiger partial charge in [-0.15, -0.1) is 24.0 Å². The third kappa shape index (κ3) is 2.44. The Balaban J connectivity index is 1.88. The van der Waals surface area contributed by atoms with Gasteiger partial charge in [-0.05, 0) is 32.0 Å². The summed E-state index contributed by atoms with van der Waals surface area (Å²) < 4.78 is 0. The van der Waals surface area contributed by atoms with Crippen LogP contribution in [0.5, 0.6) is 0 Å². The number of aryl methyl sites for hydroxylation is 2. The standard InChI is InChI=1S/C17H14N4S2/c1-9-15-12(14(22)8-19-15)6-13(20-9)16-10(2)21-17(23-16)11-4-3-5-18-7-11/h3-8,19,22H,1-2H3. The molecule has 0 aliphatic carbocycles. The van der Waals surface area contributed by atoms with E-state index < -0.39 is 0 Å². The molecule has 0 aliphatic rings. The van der Waals surface area contributed by atoms with Crippen LogP contribution in [0.2, 0.25) is 0 Å². The first-order valence-corrected chi connectivity index (χ1v) is 8.46. The molecule has 0 radical (unpaired) electrons. The van der Waals surface area contributed by atoms with Crippen molar-refractivity contribution in [3.05, 3.63) is 48.2 Å². The molecule has 4 rings (SSSR count). The minimum Gasteiger partial charge on any atom is -0.359 e. The van der Waals surface area contributed by atoms with Gasteiger partial charge >= 0.3 is 0 Å². The number of aromatic amines is 1. The lowest BCUT2D eigenvalue weighted by Crippen LogP contribution is -1.88. The number of thiol groups is 1. The lowest BCUT2D eigenvalue weighted by Gasteiger charge is -2.02. The lowest BCUT2D eigenvalue weighted by atomic mass is 10.2. The van der Waals surface area contributed by atoms with Gasteiger partial charge in [-0.25, -0.2) is 9.97 Å². The SMILES string of the molecule is Cc1nc(-c2cccnc2)sc1-c1cc2c(S)c[nH]c2c(C)n1. The molecule has 0 saturated heterocycles. The van der Waals surface area contributed by atoms with E-state index in [1.807, 2.05) is 38.4 Å². The van der Waals surface area contributed by atoms with Crippen LogP contribution in [0.3, 0.4) is 0 Å². The smallest absolute Gasteiger partial charge is 0.125 e. The minimum atomic E-state index is 0.932. The number of nitrogens with zero attached hydrogens (tertiary/aromatic N) is 3. The zero-order chi connectivity index (χ0) is 16.0. The molecular weight excluding hydrogens is 324 g/mol. The second-order valence-corrected chi connectivity index (χ2v) is 6.85. The third-order valence-corrected chi connectivity index (χ3v) is 5.37. The van der Waals surface area contributed by atoms with Gasteiger partial charge in [0.25, 0.3) is 0 Å². The first-order chi connectivity index (χ1) is 11.1. The summed E-state index contributed by atoms with van der Waals surface area (Å²) in [6, 6.07) is 6.02. The fourth-order valence-corrected chi connectivity index (χ4v) is 3.90. The van der Waals surface area contributed by atoms with E-state index >= 15 is 0 Å². The van der Waals surface area contributed by atoms with Gasteiger partial charge < -0.3 is 4.98 Å². The Bertz CT molecular complexity index is 1000. The second-order valence-electron chi connectivity index (χ2n) is 5.36. The molecule has 0 atom stereocenters. The van der Waals surface area contributed by atoms with E-state index in [0.29, 0.717) is 0 Å². The second kappa shape index (κ2) is 5.47. The summed E-state index contributed by atoms with van der Waals surface area (Å²) in [5.74, 6) is 0. The fourth-order valence-electron chi connectivity index (χ4n) is 2.64. The summed E-state index contributed by atoms with van der Waals surface area (Å²) in [6.45, 7) is 4.03. The van der Waals surface area contributed by atoms with Crippen molar-refractivity contribution in [2.45, 2.75) is 18.7 Å². The Morgan fingerprint density at radius 1 is 1.17 bits per heavy atom. The van der Waals surface area contributed by atoms with Crippen LogP contribution in [-0.4, -0.2) is 19.9 Å². The van der Waals surface area contributed by atoms with Gasteiger partial charge in [0.05, 0.1) is 27.5 Å². The Labute approximate surface area is 143 Å². The Morgan fingerprint density at radius 3 is 2.83 bits per heavy atom. The highest BCUT2D eigenvalue weighted by atomic mass is 32.1. The van der Waals surface area contributed by atoms with Crippen molar-refractivity contribution >= 4 is 34.9 Å². The fraction of sp³-hybridized carbons (Fsp3) is 0.118. The van der Waals surface area contributed by atoms with Crippen molar-refractivity contribution in [2.75, 3.05) is 0 Å². The monoisotopic (exact) mass is 338 g/mol. The van der Waals surface area contributed by atoms with E-state index in [2.05, 4.69) is 33.6 Å². The van der Waals surface area contributed by atoms with Crippen LogP contribution in [0.25, 0.3) is 32.0 Å². The molecule has 4 heterocycles. The van der Waals surface area contributed by atoms with Crippen LogP contribution in [0.1, 0.15) is 11.4 Å². The summed E-state index contributed by atoms with van der Waals surface area (Å²) >= 11 is 6.16. The number of fused-ring (bicyclic) bond motifs is 1. The average molecular weight is 338 g/mol. The predicted octanol–water partition coefficient (Wildman–Crippen LogP) is 4.65. The van der Waals surface area contributed by atoms with Crippen molar-refractivity contribution in [3.8, 4) is 21.1 Å². The molecule has 0 aliphatic heterocycles. The third-order valence-electron chi connectivity index (χ3n) is 3.77. The lowest BCUT2D eigenvalue weighted by molar-refractivity contribution is 1.20. The first kappa shape index (κ1) is 14.4. The molecule has 0 spiro atoms. The molecule has 4 nitrogen and oxygen atoms in total. The van der Waals surface area contributed by atoms with Crippen molar-refractivity contribution < 1.29 is 0 Å². The maximum absolute atomic E-state index is 4.74. The van der Waals surface area contributed by atoms with Crippen LogP contribution >= 0.6 is 24.0 Å². The number of hydrogen-bond donors (Lipinski definition) is 2. The van der Waals surface area contributed by atoms with Crippen LogP contribution < -0.4 is 0 Å². The van der Waals surface area contributed by atoms with Gasteiger partial charge in [-0.2, -0.15) is 0 Å². The highest BCUT2D eigenvalue weighted by Crippen LogP contribution is 2.36. The molecular formula is C17H14N4S2. The largest absolute Gasteiger partial charge is 0.359 e. The number of hydrogen-bond acceptors (Lipinski definition) is 5. The molecule has 0 aromatic carbocycles. The zero-order valence-corrected chi connectivity index (χ0v) is 14.4. The van der Waals surface area contributed by atoms with Gasteiger partial charge in [0, 0.05) is 34.4 Å². The summed E-state index contributed by atoms with van der Waals surface area (Å²) in [5.41, 5.74) is 4.95. The normalized spacial score (nSPS) is 11.3. The van der Waals surface area contributed by atoms with E-state index in [-0.39, 0.29) is 0 Å². The van der Waals surface area contributed by atoms with Crippen LogP contribution in [0.15, 0.2) is 41.7 Å². The van der Waals surface area contributed by atoms with Crippen molar-refractivity contribution in [1.82, 2.24) is 19.9 Å². The summed E-state index contributed by atoms with van der Waals surface area (Å²) in [4.78, 5) is 18.8. The molecule has 6 heteroatoms. The highest BCUT2D eigenvalue weighted by molar-refractivity contribution is 7.80. The van der Waals surface area contributed by atoms with Gasteiger partial charge in [0.2, 0.25) is 0 Å². The van der Waals surface area contributed by atoms with Gasteiger partial charge in [-0.3, -0.25) is 4.98 Å². The number of pyridine rings is 2. The van der Waals surface area contributed by atoms with Gasteiger partial charge in [0.1, 0.15) is 5.01 Å². The Morgan fingerprint density at radius 2 is 2.04 bits per heavy atom. The highest BCUT2D eigenvalue weighted by Gasteiger charge is 2.15. The minimum absolute atomic E-state index is 0.932. The Kier molecular flexibility index (Phi) is 3.43. The molecule has 4 aromatic heterocycles. The van der Waals surface area contributed by atoms with E-state index in [0.717, 1.165) is 48.3 Å². The summed E-state index contributed by atoms with van der Waals surface area (Å²) in [7, 11) is 0. The number of aromatic nitrogens is 4. The number of rotatable bonds is 2. The molecule has 0 saturated carbocycles. The maximum Gasteiger partial charge on any atom is 0.125 e. The molecule has 0 bridgehead atoms. The van der Waals surface area contributed by atoms with Crippen LogP contribution in [0, 0.1) is 13.8 Å². The van der Waals surface area contributed by atoms with Gasteiger partial charge in [0.15, 0.2) is 0 Å². The first-order valence-electron chi connectivity index (χ1n) is 7.19. The van der Waals surface area contributed by atoms with Crippen molar-refractivity contribution in [2.24, 2.45) is 0 Å². The molecule has 114 valence electrons. The number of nitrogens with one attached hydrogen (secondary N) is 1. The van der Waals surface area contributed by atoms with E-state index in [1.54, 1.807) is 17.5 Å². The molecule has 0 unspecified atom stereocenters. The predicted molar refractivity (Wildman–Crippen MR) is 97.2 cm³/mol. The topological polar surface area (TPSA) is 54.5 Å². The van der Waals surface area contributed by atoms with Gasteiger partial charge in [-0.1, -0.05) is 0 Å². The summed E-state index contributed by atoms with van der Waals surface area (Å²) in [5, 5.41) is 2.05. The number of H-pyrrole nitrogens is 1. The van der Waals surface area contributed by atoms with Crippen molar-refractivity contribution in [1.29, 1.82) is 0 Å². The van der Waals surface area contributed by atoms with Crippen LogP contribution in [-0.2, 0) is 0 Å². The van der Waals surface area contributed by atoms with Crippen molar-refractivity contribution in [3.63, 3.8) is 0 Å². The Hall–Kier alpha value is -2.18. The van der Waals surface area contributed by atoms with Crippen LogP contribution in [0.4, 0.5) is 0 Å². The maximum atomic E-state index is 4.74. The van der Waals surface area contributed by atoms with E-state index in [9.17, 15) is 0 Å². The zero-order valence-electron chi connectivity index (χ0n) is 12.7. The summed E-state index contributed by atoms with van der Waals surface area (Å²) in [6.07, 6.45) is 5.50. The van der Waals surface area contributed by atoms with E-state index in [4.69, 9.17) is 4.98 Å².